The largest absolute Gasteiger partial charge is 0.491 e. The van der Waals surface area contributed by atoms with E-state index in [0.717, 1.165) is 6.07 Å². The molecule has 1 aromatic heterocycles. The molecule has 4 heterocycles. The number of halogens is 3. The molecule has 2 spiro atoms. The molecular formula is C25H16F3NO5. The molecule has 0 radical (unpaired) electrons. The van der Waals surface area contributed by atoms with Gasteiger partial charge in [-0.25, -0.2) is 0 Å². The summed E-state index contributed by atoms with van der Waals surface area (Å²) in [5, 5.41) is 0. The van der Waals surface area contributed by atoms with Crippen molar-refractivity contribution < 1.29 is 36.7 Å². The summed E-state index contributed by atoms with van der Waals surface area (Å²) in [6.45, 7) is -0.151. The Morgan fingerprint density at radius 1 is 0.971 bits per heavy atom. The summed E-state index contributed by atoms with van der Waals surface area (Å²) in [6.07, 6.45) is -3.29. The second-order valence-electron chi connectivity index (χ2n) is 9.14. The SMILES string of the molecule is O=C1c2cc3c(cc2OC12CC2)OCC31C(=O)N(Cc2ccc(C(F)(F)F)o2)c2ccccc21. The minimum absolute atomic E-state index is 0.0138. The van der Waals surface area contributed by atoms with Gasteiger partial charge >= 0.3 is 6.18 Å². The first-order valence-electron chi connectivity index (χ1n) is 10.9. The number of alkyl halides is 3. The molecule has 3 aromatic rings. The maximum atomic E-state index is 13.9. The van der Waals surface area contributed by atoms with E-state index in [9.17, 15) is 22.8 Å². The topological polar surface area (TPSA) is 69.0 Å². The summed E-state index contributed by atoms with van der Waals surface area (Å²) < 4.78 is 55.8. The molecule has 3 aliphatic heterocycles. The molecule has 0 saturated heterocycles. The van der Waals surface area contributed by atoms with Gasteiger partial charge in [-0.05, 0) is 42.7 Å². The molecule has 2 aromatic carbocycles. The smallest absolute Gasteiger partial charge is 0.449 e. The Bertz CT molecular complexity index is 1420. The van der Waals surface area contributed by atoms with Crippen LogP contribution in [0.2, 0.25) is 0 Å². The number of anilines is 1. The van der Waals surface area contributed by atoms with Crippen LogP contribution in [-0.4, -0.2) is 23.9 Å². The summed E-state index contributed by atoms with van der Waals surface area (Å²) in [5.74, 6) is -0.603. The van der Waals surface area contributed by atoms with Gasteiger partial charge < -0.3 is 18.8 Å². The Labute approximate surface area is 190 Å². The van der Waals surface area contributed by atoms with Gasteiger partial charge in [-0.3, -0.25) is 9.59 Å². The van der Waals surface area contributed by atoms with Gasteiger partial charge in [0.2, 0.25) is 17.5 Å². The van der Waals surface area contributed by atoms with Crippen molar-refractivity contribution >= 4 is 17.4 Å². The highest BCUT2D eigenvalue weighted by Crippen LogP contribution is 2.57. The summed E-state index contributed by atoms with van der Waals surface area (Å²) in [4.78, 5) is 28.3. The van der Waals surface area contributed by atoms with E-state index in [4.69, 9.17) is 13.9 Å². The number of nitrogens with zero attached hydrogens (tertiary/aromatic N) is 1. The van der Waals surface area contributed by atoms with Gasteiger partial charge in [0.25, 0.3) is 0 Å². The highest BCUT2D eigenvalue weighted by atomic mass is 19.4. The predicted molar refractivity (Wildman–Crippen MR) is 111 cm³/mol. The number of furan rings is 1. The number of ketones is 1. The third kappa shape index (κ3) is 2.36. The highest BCUT2D eigenvalue weighted by Gasteiger charge is 2.61. The Hall–Kier alpha value is -3.75. The van der Waals surface area contributed by atoms with E-state index in [1.807, 2.05) is 6.07 Å². The average molecular weight is 467 g/mol. The van der Waals surface area contributed by atoms with Crippen molar-refractivity contribution in [1.29, 1.82) is 0 Å². The summed E-state index contributed by atoms with van der Waals surface area (Å²) in [6, 6.07) is 12.6. The Kier molecular flexibility index (Phi) is 3.49. The number of hydrogen-bond donors (Lipinski definition) is 0. The molecule has 1 amide bonds. The number of Topliss-reactive ketones (excluding diaryl/α,β-unsaturated/α-hetero) is 1. The van der Waals surface area contributed by atoms with E-state index in [1.54, 1.807) is 30.3 Å². The van der Waals surface area contributed by atoms with Crippen LogP contribution in [0, 0.1) is 0 Å². The second kappa shape index (κ2) is 6.02. The molecule has 0 N–H and O–H groups in total. The van der Waals surface area contributed by atoms with Crippen LogP contribution in [0.1, 0.15) is 45.8 Å². The van der Waals surface area contributed by atoms with Crippen molar-refractivity contribution in [2.45, 2.75) is 36.6 Å². The number of carbonyl (C=O) groups excluding carboxylic acids is 2. The standard InChI is InChI=1S/C25H16F3NO5/c26-25(27,28)20-6-5-13(33-20)11-29-17-4-2-1-3-15(17)24(22(29)31)12-32-19-10-18-14(9-16(19)24)21(30)23(34-18)7-8-23/h1-6,9-10H,7-8,11-12H2. The third-order valence-electron chi connectivity index (χ3n) is 7.17. The number of amides is 1. The first kappa shape index (κ1) is 19.7. The van der Waals surface area contributed by atoms with Crippen LogP contribution >= 0.6 is 0 Å². The second-order valence-corrected chi connectivity index (χ2v) is 9.14. The van der Waals surface area contributed by atoms with Crippen molar-refractivity contribution in [3.05, 3.63) is 76.7 Å². The normalized spacial score (nSPS) is 23.2. The maximum Gasteiger partial charge on any atom is 0.449 e. The van der Waals surface area contributed by atoms with E-state index in [1.165, 1.54) is 11.0 Å². The number of fused-ring (bicyclic) bond motifs is 5. The van der Waals surface area contributed by atoms with Crippen LogP contribution in [0.3, 0.4) is 0 Å². The Morgan fingerprint density at radius 3 is 2.50 bits per heavy atom. The Balaban J connectivity index is 1.33. The molecular weight excluding hydrogens is 451 g/mol. The minimum atomic E-state index is -4.61. The van der Waals surface area contributed by atoms with Crippen LogP contribution < -0.4 is 14.4 Å². The van der Waals surface area contributed by atoms with Crippen molar-refractivity contribution in [3.63, 3.8) is 0 Å². The molecule has 4 aliphatic rings. The number of hydrogen-bond acceptors (Lipinski definition) is 5. The lowest BCUT2D eigenvalue weighted by molar-refractivity contribution is -0.153. The van der Waals surface area contributed by atoms with E-state index >= 15 is 0 Å². The quantitative estimate of drug-likeness (QED) is 0.550. The van der Waals surface area contributed by atoms with Gasteiger partial charge in [-0.2, -0.15) is 13.2 Å². The lowest BCUT2D eigenvalue weighted by Gasteiger charge is -2.22. The van der Waals surface area contributed by atoms with E-state index in [2.05, 4.69) is 0 Å². The van der Waals surface area contributed by atoms with Gasteiger partial charge in [0.1, 0.15) is 29.3 Å². The summed E-state index contributed by atoms with van der Waals surface area (Å²) in [5.41, 5.74) is 0.260. The third-order valence-corrected chi connectivity index (χ3v) is 7.17. The molecule has 1 aliphatic carbocycles. The lowest BCUT2D eigenvalue weighted by atomic mass is 9.76. The van der Waals surface area contributed by atoms with Crippen LogP contribution in [0.25, 0.3) is 0 Å². The van der Waals surface area contributed by atoms with Gasteiger partial charge in [0, 0.05) is 17.3 Å². The first-order chi connectivity index (χ1) is 16.2. The highest BCUT2D eigenvalue weighted by molar-refractivity contribution is 6.13. The molecule has 34 heavy (non-hydrogen) atoms. The molecule has 1 fully saturated rings. The zero-order valence-electron chi connectivity index (χ0n) is 17.6. The molecule has 6 nitrogen and oxygen atoms in total. The Morgan fingerprint density at radius 2 is 1.76 bits per heavy atom. The molecule has 0 bridgehead atoms. The zero-order chi connectivity index (χ0) is 23.5. The van der Waals surface area contributed by atoms with E-state index in [0.29, 0.717) is 46.7 Å². The summed E-state index contributed by atoms with van der Waals surface area (Å²) >= 11 is 0. The van der Waals surface area contributed by atoms with Crippen LogP contribution in [0.5, 0.6) is 11.5 Å². The molecule has 172 valence electrons. The van der Waals surface area contributed by atoms with Crippen molar-refractivity contribution in [1.82, 2.24) is 0 Å². The zero-order valence-corrected chi connectivity index (χ0v) is 17.6. The summed E-state index contributed by atoms with van der Waals surface area (Å²) in [7, 11) is 0. The van der Waals surface area contributed by atoms with Crippen LogP contribution in [-0.2, 0) is 22.9 Å². The number of benzene rings is 2. The molecule has 1 atom stereocenters. The lowest BCUT2D eigenvalue weighted by Crippen LogP contribution is -2.42. The number of ether oxygens (including phenoxy) is 2. The van der Waals surface area contributed by atoms with Crippen molar-refractivity contribution in [2.75, 3.05) is 11.5 Å². The molecule has 1 saturated carbocycles. The first-order valence-corrected chi connectivity index (χ1v) is 10.9. The van der Waals surface area contributed by atoms with Gasteiger partial charge in [-0.15, -0.1) is 0 Å². The molecule has 7 rings (SSSR count). The molecule has 9 heteroatoms. The number of carbonyl (C=O) groups is 2. The average Bonchev–Trinajstić information content (AvgIpc) is 3.09. The van der Waals surface area contributed by atoms with Crippen molar-refractivity contribution in [2.24, 2.45) is 0 Å². The fourth-order valence-electron chi connectivity index (χ4n) is 5.34. The molecule has 1 unspecified atom stereocenters. The van der Waals surface area contributed by atoms with Crippen LogP contribution in [0.4, 0.5) is 18.9 Å². The monoisotopic (exact) mass is 467 g/mol. The minimum Gasteiger partial charge on any atom is -0.491 e. The maximum absolute atomic E-state index is 13.9. The number of rotatable bonds is 2. The van der Waals surface area contributed by atoms with Gasteiger partial charge in [-0.1, -0.05) is 18.2 Å². The fraction of sp³-hybridized carbons (Fsp3) is 0.280. The van der Waals surface area contributed by atoms with Gasteiger partial charge in [0.05, 0.1) is 12.1 Å². The van der Waals surface area contributed by atoms with Crippen LogP contribution in [0.15, 0.2) is 52.9 Å². The predicted octanol–water partition coefficient (Wildman–Crippen LogP) is 4.63. The van der Waals surface area contributed by atoms with E-state index < -0.39 is 23.0 Å². The number of para-hydroxylation sites is 1. The van der Waals surface area contributed by atoms with Crippen molar-refractivity contribution in [3.8, 4) is 11.5 Å². The van der Waals surface area contributed by atoms with Gasteiger partial charge in [0.15, 0.2) is 5.60 Å². The van der Waals surface area contributed by atoms with E-state index in [-0.39, 0.29) is 30.6 Å². The fourth-order valence-corrected chi connectivity index (χ4v) is 5.34.